The van der Waals surface area contributed by atoms with Crippen LogP contribution in [0.3, 0.4) is 0 Å². The lowest BCUT2D eigenvalue weighted by Crippen LogP contribution is -2.49. The fraction of sp³-hybridized carbons (Fsp3) is 0.517. The van der Waals surface area contributed by atoms with E-state index in [0.29, 0.717) is 63.9 Å². The number of nitrogen functional groups attached to an aromatic ring is 1. The van der Waals surface area contributed by atoms with E-state index in [1.54, 1.807) is 20.1 Å². The van der Waals surface area contributed by atoms with Gasteiger partial charge in [-0.3, -0.25) is 0 Å². The molecule has 15 heteroatoms. The summed E-state index contributed by atoms with van der Waals surface area (Å²) in [5.74, 6) is 1.52. The first-order valence-electron chi connectivity index (χ1n) is 15.2. The van der Waals surface area contributed by atoms with Crippen molar-refractivity contribution in [3.05, 3.63) is 42.6 Å². The molecule has 0 unspecified atom stereocenters. The molecule has 2 aliphatic heterocycles. The minimum absolute atomic E-state index is 0.194. The van der Waals surface area contributed by atoms with Crippen LogP contribution in [-0.4, -0.2) is 108 Å². The standard InChI is InChI=1S/C29H42N10O4S/c1-3-5-21-44(41,42)38-14-6-13-36(19-20-38)26-22-25(11-12-31-26)39-27(30)33-28(34-39)32-23-7-9-24(10-8-23)35-15-17-37(18-16-35)29(40)43-4-2/h7-12,22H,3-6,13-21H2,1-2H3,(H3,30,32,33,34). The maximum absolute atomic E-state index is 12.7. The monoisotopic (exact) mass is 626 g/mol. The molecule has 0 aliphatic carbocycles. The summed E-state index contributed by atoms with van der Waals surface area (Å²) in [6.45, 7) is 9.09. The zero-order valence-corrected chi connectivity index (χ0v) is 26.2. The van der Waals surface area contributed by atoms with E-state index in [-0.39, 0.29) is 17.8 Å². The van der Waals surface area contributed by atoms with Crippen LogP contribution in [0.15, 0.2) is 42.6 Å². The van der Waals surface area contributed by atoms with Gasteiger partial charge in [0.1, 0.15) is 5.82 Å². The molecule has 0 spiro atoms. The van der Waals surface area contributed by atoms with E-state index >= 15 is 0 Å². The minimum Gasteiger partial charge on any atom is -0.450 e. The fourth-order valence-electron chi connectivity index (χ4n) is 5.38. The van der Waals surface area contributed by atoms with Gasteiger partial charge < -0.3 is 30.5 Å². The number of ether oxygens (including phenoxy) is 1. The molecule has 44 heavy (non-hydrogen) atoms. The maximum Gasteiger partial charge on any atom is 0.409 e. The molecule has 0 bridgehead atoms. The van der Waals surface area contributed by atoms with Crippen molar-refractivity contribution in [3.8, 4) is 5.69 Å². The summed E-state index contributed by atoms with van der Waals surface area (Å²) in [4.78, 5) is 27.0. The number of nitrogens with one attached hydrogen (secondary N) is 1. The number of nitrogens with two attached hydrogens (primary N) is 1. The number of carbonyl (C=O) groups excluding carboxylic acids is 1. The largest absolute Gasteiger partial charge is 0.450 e. The summed E-state index contributed by atoms with van der Waals surface area (Å²) < 4.78 is 33.7. The molecule has 5 rings (SSSR count). The quantitative estimate of drug-likeness (QED) is 0.341. The van der Waals surface area contributed by atoms with E-state index in [2.05, 4.69) is 30.2 Å². The highest BCUT2D eigenvalue weighted by molar-refractivity contribution is 7.89. The van der Waals surface area contributed by atoms with Gasteiger partial charge in [0.25, 0.3) is 0 Å². The summed E-state index contributed by atoms with van der Waals surface area (Å²) in [6, 6.07) is 11.7. The van der Waals surface area contributed by atoms with E-state index in [0.717, 1.165) is 43.1 Å². The van der Waals surface area contributed by atoms with Crippen LogP contribution in [0.2, 0.25) is 0 Å². The van der Waals surface area contributed by atoms with Crippen LogP contribution in [0.25, 0.3) is 5.69 Å². The van der Waals surface area contributed by atoms with Gasteiger partial charge >= 0.3 is 6.09 Å². The molecule has 2 fully saturated rings. The van der Waals surface area contributed by atoms with Crippen molar-refractivity contribution < 1.29 is 17.9 Å². The predicted octanol–water partition coefficient (Wildman–Crippen LogP) is 2.91. The van der Waals surface area contributed by atoms with Crippen LogP contribution < -0.4 is 20.9 Å². The van der Waals surface area contributed by atoms with Gasteiger partial charge in [-0.1, -0.05) is 13.3 Å². The summed E-state index contributed by atoms with van der Waals surface area (Å²) in [6.07, 6.45) is 3.68. The second-order valence-electron chi connectivity index (χ2n) is 10.8. The molecule has 0 radical (unpaired) electrons. The predicted molar refractivity (Wildman–Crippen MR) is 171 cm³/mol. The zero-order chi connectivity index (χ0) is 31.1. The topological polar surface area (TPSA) is 155 Å². The Balaban J connectivity index is 1.20. The van der Waals surface area contributed by atoms with Gasteiger partial charge in [0.05, 0.1) is 18.0 Å². The number of unbranched alkanes of at least 4 members (excludes halogenated alkanes) is 1. The van der Waals surface area contributed by atoms with Crippen molar-refractivity contribution in [2.75, 3.05) is 85.6 Å². The third-order valence-corrected chi connectivity index (χ3v) is 9.78. The number of benzene rings is 1. The fourth-order valence-corrected chi connectivity index (χ4v) is 7.06. The first kappa shape index (κ1) is 31.3. The summed E-state index contributed by atoms with van der Waals surface area (Å²) in [7, 11) is -3.25. The van der Waals surface area contributed by atoms with Crippen molar-refractivity contribution in [2.45, 2.75) is 33.1 Å². The van der Waals surface area contributed by atoms with E-state index in [9.17, 15) is 13.2 Å². The van der Waals surface area contributed by atoms with Crippen LogP contribution in [0, 0.1) is 0 Å². The van der Waals surface area contributed by atoms with E-state index in [1.807, 2.05) is 50.2 Å². The Morgan fingerprint density at radius 3 is 2.43 bits per heavy atom. The van der Waals surface area contributed by atoms with Gasteiger partial charge in [-0.25, -0.2) is 22.5 Å². The van der Waals surface area contributed by atoms with Crippen LogP contribution in [0.5, 0.6) is 0 Å². The smallest absolute Gasteiger partial charge is 0.409 e. The Labute approximate surface area is 258 Å². The van der Waals surface area contributed by atoms with Crippen molar-refractivity contribution in [1.82, 2.24) is 29.0 Å². The average Bonchev–Trinajstić information content (AvgIpc) is 3.22. The maximum atomic E-state index is 12.7. The lowest BCUT2D eigenvalue weighted by atomic mass is 10.2. The van der Waals surface area contributed by atoms with Crippen molar-refractivity contribution in [3.63, 3.8) is 0 Å². The lowest BCUT2D eigenvalue weighted by Gasteiger charge is -2.35. The molecular weight excluding hydrogens is 584 g/mol. The van der Waals surface area contributed by atoms with E-state index in [1.165, 1.54) is 0 Å². The number of sulfonamides is 1. The molecule has 14 nitrogen and oxygen atoms in total. The van der Waals surface area contributed by atoms with Crippen LogP contribution >= 0.6 is 0 Å². The van der Waals surface area contributed by atoms with Crippen molar-refractivity contribution in [1.29, 1.82) is 0 Å². The molecule has 0 atom stereocenters. The number of amides is 1. The molecule has 1 aromatic carbocycles. The number of hydrogen-bond donors (Lipinski definition) is 2. The average molecular weight is 627 g/mol. The molecule has 2 aliphatic rings. The molecular formula is C29H42N10O4S. The SMILES string of the molecule is CCCCS(=O)(=O)N1CCCN(c2cc(-n3nc(Nc4ccc(N5CCN(C(=O)OCC)CC5)cc4)nc3N)ccn2)CC1. The van der Waals surface area contributed by atoms with Gasteiger partial charge in [0.15, 0.2) is 0 Å². The second kappa shape index (κ2) is 14.1. The van der Waals surface area contributed by atoms with Crippen LogP contribution in [-0.2, 0) is 14.8 Å². The van der Waals surface area contributed by atoms with Gasteiger partial charge in [0, 0.05) is 76.0 Å². The molecule has 238 valence electrons. The second-order valence-corrected chi connectivity index (χ2v) is 12.9. The molecule has 2 aromatic heterocycles. The van der Waals surface area contributed by atoms with E-state index in [4.69, 9.17) is 10.5 Å². The Kier molecular flexibility index (Phi) is 10.0. The summed E-state index contributed by atoms with van der Waals surface area (Å²) in [5.41, 5.74) is 8.85. The number of rotatable bonds is 10. The lowest BCUT2D eigenvalue weighted by molar-refractivity contribution is 0.105. The van der Waals surface area contributed by atoms with Crippen LogP contribution in [0.4, 0.5) is 33.9 Å². The van der Waals surface area contributed by atoms with E-state index < -0.39 is 10.0 Å². The number of nitrogens with zero attached hydrogens (tertiary/aromatic N) is 8. The Bertz CT molecular complexity index is 1510. The number of aromatic nitrogens is 4. The highest BCUT2D eigenvalue weighted by Gasteiger charge is 2.26. The number of anilines is 5. The Hall–Kier alpha value is -4.11. The highest BCUT2D eigenvalue weighted by Crippen LogP contribution is 2.24. The van der Waals surface area contributed by atoms with Crippen molar-refractivity contribution >= 4 is 45.2 Å². The van der Waals surface area contributed by atoms with Crippen molar-refractivity contribution in [2.24, 2.45) is 0 Å². The molecule has 1 amide bonds. The molecule has 0 saturated carbocycles. The molecule has 3 N–H and O–H groups in total. The summed E-state index contributed by atoms with van der Waals surface area (Å²) >= 11 is 0. The van der Waals surface area contributed by atoms with Gasteiger partial charge in [-0.2, -0.15) is 9.67 Å². The number of piperazine rings is 1. The third kappa shape index (κ3) is 7.50. The highest BCUT2D eigenvalue weighted by atomic mass is 32.2. The molecule has 3 aromatic rings. The van der Waals surface area contributed by atoms with Gasteiger partial charge in [0.2, 0.25) is 21.9 Å². The van der Waals surface area contributed by atoms with Gasteiger partial charge in [-0.15, -0.1) is 5.10 Å². The number of carbonyl (C=O) groups is 1. The van der Waals surface area contributed by atoms with Gasteiger partial charge in [-0.05, 0) is 50.1 Å². The molecule has 4 heterocycles. The first-order chi connectivity index (χ1) is 21.3. The minimum atomic E-state index is -3.25. The molecule has 2 saturated heterocycles. The first-order valence-corrected chi connectivity index (χ1v) is 16.8. The normalized spacial score (nSPS) is 16.5. The third-order valence-electron chi connectivity index (χ3n) is 7.83. The Morgan fingerprint density at radius 2 is 1.70 bits per heavy atom. The number of pyridine rings is 1. The Morgan fingerprint density at radius 1 is 0.955 bits per heavy atom. The van der Waals surface area contributed by atoms with Crippen LogP contribution in [0.1, 0.15) is 33.1 Å². The zero-order valence-electron chi connectivity index (χ0n) is 25.4. The number of hydrogen-bond acceptors (Lipinski definition) is 11. The summed E-state index contributed by atoms with van der Waals surface area (Å²) in [5, 5.41) is 7.80.